The third-order valence-corrected chi connectivity index (χ3v) is 4.55. The SMILES string of the molecule is [CH2-]CC1(C)C(C)=C(C)C(C)=C1C.[Cl][Rh+2].[NH-][C@@H](CC(N)=O)C(=O)O. The number of amides is 1. The van der Waals surface area contributed by atoms with Crippen LogP contribution in [-0.2, 0) is 26.9 Å². The standard InChI is InChI=1S/C12H19.C4H7N2O3.ClH.Rh/c1-7-12(6)10(4)8(2)9(3)11(12)5;5-2(4(8)9)1-3(6)7;;/h1,7H2,2-6H3;2,5H,1H2,(H2,6,7)(H,8,9);1H;/q2*-1;;+3/p-1/t;2-;;/m.0../s1. The van der Waals surface area contributed by atoms with E-state index in [-0.39, 0.29) is 5.41 Å². The Kier molecular flexibility index (Phi) is 11.7. The molecular formula is C16H26ClN2O3Rh. The molecule has 0 bridgehead atoms. The van der Waals surface area contributed by atoms with Crippen LogP contribution in [0.5, 0.6) is 0 Å². The number of carbonyl (C=O) groups is 2. The number of carboxylic acid groups (broad SMARTS) is 1. The first-order valence-electron chi connectivity index (χ1n) is 6.99. The molecule has 0 aromatic carbocycles. The number of nitrogens with two attached hydrogens (primary N) is 1. The molecule has 134 valence electrons. The molecule has 1 rings (SSSR count). The number of aliphatic carboxylic acids is 1. The Hall–Kier alpha value is -0.707. The number of hydrogen-bond acceptors (Lipinski definition) is 2. The molecule has 0 heterocycles. The van der Waals surface area contributed by atoms with Crippen LogP contribution >= 0.6 is 9.69 Å². The average molecular weight is 433 g/mol. The second kappa shape index (κ2) is 11.0. The third-order valence-electron chi connectivity index (χ3n) is 4.55. The van der Waals surface area contributed by atoms with E-state index in [1.54, 1.807) is 0 Å². The Balaban J connectivity index is 0. The van der Waals surface area contributed by atoms with Gasteiger partial charge in [-0.3, -0.25) is 9.59 Å². The Labute approximate surface area is 153 Å². The van der Waals surface area contributed by atoms with Crippen LogP contribution in [0, 0.1) is 12.3 Å². The summed E-state index contributed by atoms with van der Waals surface area (Å²) >= 11 is 2.02. The molecule has 0 spiro atoms. The van der Waals surface area contributed by atoms with Crippen LogP contribution in [0.4, 0.5) is 0 Å². The minimum atomic E-state index is -1.41. The zero-order valence-corrected chi connectivity index (χ0v) is 16.6. The third kappa shape index (κ3) is 6.74. The monoisotopic (exact) mass is 432 g/mol. The zero-order valence-electron chi connectivity index (χ0n) is 14.3. The van der Waals surface area contributed by atoms with Crippen molar-refractivity contribution in [2.75, 3.05) is 0 Å². The quantitative estimate of drug-likeness (QED) is 0.519. The Morgan fingerprint density at radius 2 is 1.61 bits per heavy atom. The molecule has 7 heteroatoms. The summed E-state index contributed by atoms with van der Waals surface area (Å²) in [6.07, 6.45) is 0.550. The number of carbonyl (C=O) groups excluding carboxylic acids is 1. The van der Waals surface area contributed by atoms with Crippen molar-refractivity contribution >= 4 is 21.6 Å². The maximum atomic E-state index is 9.95. The predicted octanol–water partition coefficient (Wildman–Crippen LogP) is 3.96. The number of primary amides is 1. The summed E-state index contributed by atoms with van der Waals surface area (Å²) in [5.41, 5.74) is 17.5. The van der Waals surface area contributed by atoms with Gasteiger partial charge in [-0.25, -0.2) is 0 Å². The van der Waals surface area contributed by atoms with Gasteiger partial charge in [-0.1, -0.05) is 18.1 Å². The maximum absolute atomic E-state index is 9.95. The summed E-state index contributed by atoms with van der Waals surface area (Å²) < 4.78 is 0. The topological polar surface area (TPSA) is 104 Å². The van der Waals surface area contributed by atoms with Gasteiger partial charge in [0.05, 0.1) is 0 Å². The van der Waals surface area contributed by atoms with Crippen LogP contribution in [-0.4, -0.2) is 23.0 Å². The van der Waals surface area contributed by atoms with Crippen LogP contribution in [0.2, 0.25) is 0 Å². The number of nitrogens with one attached hydrogen (secondary N) is 1. The fourth-order valence-corrected chi connectivity index (χ4v) is 2.33. The molecule has 4 N–H and O–H groups in total. The van der Waals surface area contributed by atoms with E-state index in [1.165, 1.54) is 22.3 Å². The minimum Gasteiger partial charge on any atom is -0.665 e. The summed E-state index contributed by atoms with van der Waals surface area (Å²) in [4.78, 5) is 19.8. The van der Waals surface area contributed by atoms with Crippen molar-refractivity contribution < 1.29 is 32.0 Å². The minimum absolute atomic E-state index is 0.244. The summed E-state index contributed by atoms with van der Waals surface area (Å²) in [5, 5.41) is 8.04. The van der Waals surface area contributed by atoms with E-state index in [4.69, 9.17) is 10.8 Å². The summed E-state index contributed by atoms with van der Waals surface area (Å²) in [6.45, 7) is 15.2. The predicted molar refractivity (Wildman–Crippen MR) is 90.2 cm³/mol. The fraction of sp³-hybridized carbons (Fsp3) is 0.562. The Bertz CT molecular complexity index is 478. The van der Waals surface area contributed by atoms with Crippen molar-refractivity contribution in [1.82, 2.24) is 0 Å². The van der Waals surface area contributed by atoms with Gasteiger partial charge >= 0.3 is 27.0 Å². The molecule has 0 saturated carbocycles. The molecule has 1 atom stereocenters. The van der Waals surface area contributed by atoms with E-state index < -0.39 is 24.3 Å². The molecular weight excluding hydrogens is 407 g/mol. The Morgan fingerprint density at radius 3 is 1.74 bits per heavy atom. The van der Waals surface area contributed by atoms with Crippen LogP contribution in [0.3, 0.4) is 0 Å². The molecule has 0 radical (unpaired) electrons. The van der Waals surface area contributed by atoms with E-state index in [0.717, 1.165) is 6.42 Å². The molecule has 0 unspecified atom stereocenters. The van der Waals surface area contributed by atoms with Gasteiger partial charge in [-0.05, 0) is 50.3 Å². The Morgan fingerprint density at radius 1 is 1.26 bits per heavy atom. The first-order valence-corrected chi connectivity index (χ1v) is 9.10. The van der Waals surface area contributed by atoms with Crippen LogP contribution in [0.1, 0.15) is 47.5 Å². The van der Waals surface area contributed by atoms with E-state index >= 15 is 0 Å². The van der Waals surface area contributed by atoms with Crippen LogP contribution in [0.15, 0.2) is 22.3 Å². The second-order valence-electron chi connectivity index (χ2n) is 5.64. The van der Waals surface area contributed by atoms with Gasteiger partial charge in [-0.15, -0.1) is 0 Å². The number of carboxylic acids is 1. The molecule has 0 aliphatic heterocycles. The first-order chi connectivity index (χ1) is 10.5. The number of halogens is 1. The maximum Gasteiger partial charge on any atom is 0.285 e. The molecule has 1 aliphatic carbocycles. The largest absolute Gasteiger partial charge is 0.665 e. The van der Waals surface area contributed by atoms with Crippen molar-refractivity contribution in [3.05, 3.63) is 34.9 Å². The molecule has 1 aliphatic rings. The second-order valence-corrected chi connectivity index (χ2v) is 5.64. The fourth-order valence-electron chi connectivity index (χ4n) is 2.33. The molecule has 0 aromatic rings. The van der Waals surface area contributed by atoms with Crippen molar-refractivity contribution in [2.24, 2.45) is 11.1 Å². The number of rotatable bonds is 4. The van der Waals surface area contributed by atoms with E-state index in [2.05, 4.69) is 57.0 Å². The van der Waals surface area contributed by atoms with Crippen LogP contribution < -0.4 is 5.73 Å². The summed E-state index contributed by atoms with van der Waals surface area (Å²) in [6, 6.07) is -1.41. The molecule has 0 fully saturated rings. The molecule has 23 heavy (non-hydrogen) atoms. The zero-order chi connectivity index (χ0) is 19.0. The molecule has 1 amide bonds. The van der Waals surface area contributed by atoms with E-state index in [0.29, 0.717) is 0 Å². The summed E-state index contributed by atoms with van der Waals surface area (Å²) in [5.74, 6) is -2.09. The van der Waals surface area contributed by atoms with Gasteiger partial charge in [0.15, 0.2) is 0 Å². The van der Waals surface area contributed by atoms with Gasteiger partial charge < -0.3 is 23.5 Å². The van der Waals surface area contributed by atoms with Gasteiger partial charge in [0.1, 0.15) is 0 Å². The van der Waals surface area contributed by atoms with Crippen LogP contribution in [0.25, 0.3) is 5.73 Å². The number of hydrogen-bond donors (Lipinski definition) is 2. The van der Waals surface area contributed by atoms with E-state index in [1.807, 2.05) is 17.3 Å². The van der Waals surface area contributed by atoms with Gasteiger partial charge in [-0.2, -0.15) is 6.42 Å². The van der Waals surface area contributed by atoms with Gasteiger partial charge in [0.2, 0.25) is 5.91 Å². The first kappa shape index (κ1) is 24.5. The van der Waals surface area contributed by atoms with Gasteiger partial charge in [0, 0.05) is 6.42 Å². The molecule has 0 aromatic heterocycles. The van der Waals surface area contributed by atoms with Gasteiger partial charge in [0.25, 0.3) is 5.97 Å². The van der Waals surface area contributed by atoms with Crippen molar-refractivity contribution in [3.63, 3.8) is 0 Å². The number of allylic oxidation sites excluding steroid dienone is 4. The summed E-state index contributed by atoms with van der Waals surface area (Å²) in [7, 11) is 4.53. The molecule has 0 saturated heterocycles. The van der Waals surface area contributed by atoms with E-state index in [9.17, 15) is 9.59 Å². The average Bonchev–Trinajstić information content (AvgIpc) is 2.65. The normalized spacial score (nSPS) is 16.9. The molecule has 5 nitrogen and oxygen atoms in total. The van der Waals surface area contributed by atoms with Crippen molar-refractivity contribution in [2.45, 2.75) is 53.5 Å². The van der Waals surface area contributed by atoms with Crippen molar-refractivity contribution in [3.8, 4) is 0 Å². The smallest absolute Gasteiger partial charge is 0.285 e. The van der Waals surface area contributed by atoms with Crippen molar-refractivity contribution in [1.29, 1.82) is 0 Å².